The van der Waals surface area contributed by atoms with Crippen molar-refractivity contribution in [2.45, 2.75) is 18.4 Å². The largest absolute Gasteiger partial charge is 0.334 e. The fraction of sp³-hybridized carbons (Fsp3) is 0.100. The molecule has 0 bridgehead atoms. The molecule has 2 aromatic carbocycles. The van der Waals surface area contributed by atoms with Gasteiger partial charge in [-0.1, -0.05) is 47.5 Å². The van der Waals surface area contributed by atoms with Gasteiger partial charge >= 0.3 is 6.03 Å². The number of nitrogens with zero attached hydrogens (tertiary/aromatic N) is 1. The highest BCUT2D eigenvalue weighted by atomic mass is 35.5. The lowest BCUT2D eigenvalue weighted by molar-refractivity contribution is 0.251. The molecule has 1 aromatic heterocycles. The molecule has 30 heavy (non-hydrogen) atoms. The van der Waals surface area contributed by atoms with E-state index in [0.717, 1.165) is 5.56 Å². The Kier molecular flexibility index (Phi) is 6.81. The number of nitrogens with one attached hydrogen (secondary N) is 3. The molecule has 0 atom stereocenters. The maximum atomic E-state index is 12.6. The van der Waals surface area contributed by atoms with E-state index in [0.29, 0.717) is 5.56 Å². The first-order chi connectivity index (χ1) is 14.3. The van der Waals surface area contributed by atoms with Gasteiger partial charge in [0.2, 0.25) is 0 Å². The molecule has 0 saturated heterocycles. The molecule has 0 aliphatic rings. The summed E-state index contributed by atoms with van der Waals surface area (Å²) in [7, 11) is -3.84. The molecule has 7 nitrogen and oxygen atoms in total. The fourth-order valence-electron chi connectivity index (χ4n) is 2.63. The van der Waals surface area contributed by atoms with Crippen molar-refractivity contribution in [3.8, 4) is 0 Å². The zero-order valence-electron chi connectivity index (χ0n) is 15.8. The third-order valence-electron chi connectivity index (χ3n) is 4.12. The Hall–Kier alpha value is -2.81. The molecule has 0 aliphatic carbocycles. The number of carbonyl (C=O) groups excluding carboxylic acids is 1. The number of pyridine rings is 1. The van der Waals surface area contributed by atoms with Gasteiger partial charge in [-0.15, -0.1) is 0 Å². The molecular weight excluding hydrogens is 447 g/mol. The monoisotopic (exact) mass is 464 g/mol. The number of carbonyl (C=O) groups is 1. The van der Waals surface area contributed by atoms with Gasteiger partial charge in [-0.25, -0.2) is 13.2 Å². The normalized spacial score (nSPS) is 11.0. The lowest BCUT2D eigenvalue weighted by atomic mass is 10.2. The van der Waals surface area contributed by atoms with Gasteiger partial charge in [0.25, 0.3) is 10.0 Å². The second kappa shape index (κ2) is 9.34. The predicted octanol–water partition coefficient (Wildman–Crippen LogP) is 4.82. The van der Waals surface area contributed by atoms with Gasteiger partial charge in [-0.2, -0.15) is 0 Å². The summed E-state index contributed by atoms with van der Waals surface area (Å²) < 4.78 is 27.6. The number of amides is 2. The van der Waals surface area contributed by atoms with Gasteiger partial charge in [0, 0.05) is 18.9 Å². The third kappa shape index (κ3) is 5.21. The van der Waals surface area contributed by atoms with E-state index in [1.807, 2.05) is 6.07 Å². The van der Waals surface area contributed by atoms with Crippen molar-refractivity contribution in [3.05, 3.63) is 82.1 Å². The van der Waals surface area contributed by atoms with Gasteiger partial charge in [0.1, 0.15) is 0 Å². The van der Waals surface area contributed by atoms with Gasteiger partial charge in [0.05, 0.1) is 26.3 Å². The number of benzene rings is 2. The molecule has 3 N–H and O–H groups in total. The maximum Gasteiger partial charge on any atom is 0.319 e. The van der Waals surface area contributed by atoms with Crippen molar-refractivity contribution in [2.24, 2.45) is 0 Å². The summed E-state index contributed by atoms with van der Waals surface area (Å²) >= 11 is 12.6. The highest BCUT2D eigenvalue weighted by Gasteiger charge is 2.20. The number of urea groups is 1. The molecule has 3 aromatic rings. The van der Waals surface area contributed by atoms with Gasteiger partial charge in [0.15, 0.2) is 0 Å². The number of aromatic nitrogens is 1. The van der Waals surface area contributed by atoms with Crippen molar-refractivity contribution in [2.75, 3.05) is 10.0 Å². The number of sulfonamides is 1. The third-order valence-corrected chi connectivity index (χ3v) is 6.36. The summed E-state index contributed by atoms with van der Waals surface area (Å²) in [6.45, 7) is 1.96. The zero-order valence-corrected chi connectivity index (χ0v) is 18.1. The molecule has 0 aliphatic heterocycles. The first-order valence-corrected chi connectivity index (χ1v) is 11.0. The second-order valence-electron chi connectivity index (χ2n) is 6.33. The van der Waals surface area contributed by atoms with Gasteiger partial charge < -0.3 is 10.6 Å². The van der Waals surface area contributed by atoms with Gasteiger partial charge in [-0.3, -0.25) is 9.71 Å². The van der Waals surface area contributed by atoms with Gasteiger partial charge in [-0.05, 0) is 42.3 Å². The average molecular weight is 465 g/mol. The summed E-state index contributed by atoms with van der Waals surface area (Å²) in [6, 6.07) is 12.5. The Morgan fingerprint density at radius 2 is 1.80 bits per heavy atom. The Bertz CT molecular complexity index is 1160. The molecule has 156 valence electrons. The van der Waals surface area contributed by atoms with Crippen LogP contribution in [0.15, 0.2) is 65.8 Å². The summed E-state index contributed by atoms with van der Waals surface area (Å²) in [5, 5.41) is 5.34. The summed E-state index contributed by atoms with van der Waals surface area (Å²) in [5.74, 6) is 0. The topological polar surface area (TPSA) is 100 Å². The van der Waals surface area contributed by atoms with Crippen LogP contribution in [0.4, 0.5) is 16.2 Å². The number of hydrogen-bond donors (Lipinski definition) is 3. The number of hydrogen-bond acceptors (Lipinski definition) is 4. The molecule has 2 amide bonds. The van der Waals surface area contributed by atoms with Crippen molar-refractivity contribution in [3.63, 3.8) is 0 Å². The van der Waals surface area contributed by atoms with E-state index in [4.69, 9.17) is 23.2 Å². The van der Waals surface area contributed by atoms with E-state index in [9.17, 15) is 13.2 Å². The molecule has 10 heteroatoms. The summed E-state index contributed by atoms with van der Waals surface area (Å²) in [6.07, 6.45) is 3.28. The molecular formula is C20H18Cl2N4O3S. The molecule has 0 spiro atoms. The first kappa shape index (κ1) is 21.9. The van der Waals surface area contributed by atoms with Crippen molar-refractivity contribution in [1.82, 2.24) is 10.3 Å². The Morgan fingerprint density at radius 3 is 2.47 bits per heavy atom. The molecule has 0 saturated carbocycles. The highest BCUT2D eigenvalue weighted by Crippen LogP contribution is 2.39. The number of rotatable bonds is 6. The average Bonchev–Trinajstić information content (AvgIpc) is 2.74. The highest BCUT2D eigenvalue weighted by molar-refractivity contribution is 7.92. The van der Waals surface area contributed by atoms with Crippen LogP contribution < -0.4 is 15.4 Å². The van der Waals surface area contributed by atoms with E-state index in [1.165, 1.54) is 18.2 Å². The van der Waals surface area contributed by atoms with Crippen molar-refractivity contribution < 1.29 is 13.2 Å². The van der Waals surface area contributed by atoms with E-state index < -0.39 is 16.1 Å². The predicted molar refractivity (Wildman–Crippen MR) is 119 cm³/mol. The van der Waals surface area contributed by atoms with Crippen LogP contribution in [0.1, 0.15) is 11.1 Å². The Balaban J connectivity index is 1.77. The van der Waals surface area contributed by atoms with E-state index in [-0.39, 0.29) is 32.9 Å². The fourth-order valence-corrected chi connectivity index (χ4v) is 4.26. The number of halogens is 2. The minimum Gasteiger partial charge on any atom is -0.334 e. The zero-order chi connectivity index (χ0) is 21.7. The maximum absolute atomic E-state index is 12.6. The van der Waals surface area contributed by atoms with Crippen LogP contribution in [0.3, 0.4) is 0 Å². The molecule has 1 heterocycles. The minimum atomic E-state index is -3.84. The standard InChI is InChI=1S/C20H18Cl2N4O3S/c1-13-10-16(26-30(28,29)15-7-3-2-4-8-15)17(21)18(22)19(13)25-20(27)24-12-14-6-5-9-23-11-14/h2-11,26H,12H2,1H3,(H2,24,25,27). The molecule has 0 fully saturated rings. The van der Waals surface area contributed by atoms with Crippen molar-refractivity contribution >= 4 is 50.6 Å². The Labute approximate surface area is 184 Å². The van der Waals surface area contributed by atoms with E-state index in [1.54, 1.807) is 43.6 Å². The van der Waals surface area contributed by atoms with Crippen LogP contribution in [0.5, 0.6) is 0 Å². The van der Waals surface area contributed by atoms with Crippen LogP contribution >= 0.6 is 23.2 Å². The lowest BCUT2D eigenvalue weighted by Crippen LogP contribution is -2.28. The summed E-state index contributed by atoms with van der Waals surface area (Å²) in [4.78, 5) is 16.3. The minimum absolute atomic E-state index is 0.0238. The smallest absolute Gasteiger partial charge is 0.319 e. The summed E-state index contributed by atoms with van der Waals surface area (Å²) in [5.41, 5.74) is 1.77. The quantitative estimate of drug-likeness (QED) is 0.486. The van der Waals surface area contributed by atoms with Crippen LogP contribution in [-0.2, 0) is 16.6 Å². The SMILES string of the molecule is Cc1cc(NS(=O)(=O)c2ccccc2)c(Cl)c(Cl)c1NC(=O)NCc1cccnc1. The Morgan fingerprint density at radius 1 is 1.07 bits per heavy atom. The van der Waals surface area contributed by atoms with Crippen LogP contribution in [0.25, 0.3) is 0 Å². The molecule has 0 radical (unpaired) electrons. The van der Waals surface area contributed by atoms with E-state index >= 15 is 0 Å². The van der Waals surface area contributed by atoms with E-state index in [2.05, 4.69) is 20.3 Å². The second-order valence-corrected chi connectivity index (χ2v) is 8.77. The molecule has 3 rings (SSSR count). The van der Waals surface area contributed by atoms with Crippen LogP contribution in [-0.4, -0.2) is 19.4 Å². The van der Waals surface area contributed by atoms with Crippen molar-refractivity contribution in [1.29, 1.82) is 0 Å². The van der Waals surface area contributed by atoms with Crippen LogP contribution in [0.2, 0.25) is 10.0 Å². The lowest BCUT2D eigenvalue weighted by Gasteiger charge is -2.16. The first-order valence-electron chi connectivity index (χ1n) is 8.78. The number of aryl methyl sites for hydroxylation is 1. The number of anilines is 2. The molecule has 0 unspecified atom stereocenters. The van der Waals surface area contributed by atoms with Crippen LogP contribution in [0, 0.1) is 6.92 Å².